The summed E-state index contributed by atoms with van der Waals surface area (Å²) < 4.78 is 4.81. The van der Waals surface area contributed by atoms with Gasteiger partial charge < -0.3 is 4.74 Å². The fourth-order valence-corrected chi connectivity index (χ4v) is 0.542. The molecule has 0 rings (SSSR count). The lowest BCUT2D eigenvalue weighted by atomic mass is 10.2. The Morgan fingerprint density at radius 2 is 2.18 bits per heavy atom. The highest BCUT2D eigenvalue weighted by atomic mass is 35.5. The van der Waals surface area contributed by atoms with E-state index in [0.29, 0.717) is 17.6 Å². The van der Waals surface area contributed by atoms with Crippen molar-refractivity contribution in [2.45, 2.75) is 20.8 Å². The molecular formula is C8H13ClO2. The van der Waals surface area contributed by atoms with Gasteiger partial charge in [0.05, 0.1) is 6.61 Å². The summed E-state index contributed by atoms with van der Waals surface area (Å²) in [6, 6.07) is 0. The van der Waals surface area contributed by atoms with E-state index in [0.717, 1.165) is 0 Å². The molecule has 0 bridgehead atoms. The summed E-state index contributed by atoms with van der Waals surface area (Å²) >= 11 is 5.45. The van der Waals surface area contributed by atoms with Crippen LogP contribution in [0.3, 0.4) is 0 Å². The molecule has 0 fully saturated rings. The molecule has 0 aliphatic heterocycles. The van der Waals surface area contributed by atoms with Gasteiger partial charge in [-0.15, -0.1) is 0 Å². The Morgan fingerprint density at radius 3 is 2.55 bits per heavy atom. The molecule has 0 aliphatic rings. The number of rotatable bonds is 3. The summed E-state index contributed by atoms with van der Waals surface area (Å²) in [5.74, 6) is -0.00539. The van der Waals surface area contributed by atoms with Gasteiger partial charge in [0.2, 0.25) is 0 Å². The summed E-state index contributed by atoms with van der Waals surface area (Å²) in [7, 11) is 0. The van der Waals surface area contributed by atoms with Gasteiger partial charge in [-0.2, -0.15) is 0 Å². The Labute approximate surface area is 72.2 Å². The number of esters is 1. The number of carbonyl (C=O) groups excluding carboxylic acids is 1. The van der Waals surface area contributed by atoms with E-state index in [4.69, 9.17) is 16.3 Å². The SMILES string of the molecule is CC(Cl)=CC(=O)OCC(C)C. The summed E-state index contributed by atoms with van der Waals surface area (Å²) in [4.78, 5) is 10.8. The summed E-state index contributed by atoms with van der Waals surface area (Å²) in [6.07, 6.45) is 1.27. The summed E-state index contributed by atoms with van der Waals surface area (Å²) in [5, 5.41) is 0.443. The van der Waals surface area contributed by atoms with E-state index in [1.807, 2.05) is 13.8 Å². The van der Waals surface area contributed by atoms with Crippen molar-refractivity contribution in [3.63, 3.8) is 0 Å². The first-order chi connectivity index (χ1) is 5.02. The third-order valence-electron chi connectivity index (χ3n) is 0.876. The molecule has 11 heavy (non-hydrogen) atoms. The van der Waals surface area contributed by atoms with E-state index in [1.165, 1.54) is 6.08 Å². The minimum Gasteiger partial charge on any atom is -0.462 e. The lowest BCUT2D eigenvalue weighted by molar-refractivity contribution is -0.138. The number of carbonyl (C=O) groups is 1. The first kappa shape index (κ1) is 10.5. The maximum atomic E-state index is 10.8. The molecule has 0 aromatic carbocycles. The molecule has 0 unspecified atom stereocenters. The van der Waals surface area contributed by atoms with Crippen LogP contribution in [0.4, 0.5) is 0 Å². The van der Waals surface area contributed by atoms with Crippen molar-refractivity contribution in [2.24, 2.45) is 5.92 Å². The molecule has 0 saturated heterocycles. The largest absolute Gasteiger partial charge is 0.462 e. The van der Waals surface area contributed by atoms with Crippen LogP contribution in [0.15, 0.2) is 11.1 Å². The predicted molar refractivity (Wildman–Crippen MR) is 45.4 cm³/mol. The second kappa shape index (κ2) is 5.19. The number of halogens is 1. The first-order valence-corrected chi connectivity index (χ1v) is 3.90. The highest BCUT2D eigenvalue weighted by Crippen LogP contribution is 1.99. The topological polar surface area (TPSA) is 26.3 Å². The van der Waals surface area contributed by atoms with Crippen LogP contribution in [-0.4, -0.2) is 12.6 Å². The van der Waals surface area contributed by atoms with Crippen LogP contribution < -0.4 is 0 Å². The molecule has 2 nitrogen and oxygen atoms in total. The van der Waals surface area contributed by atoms with Gasteiger partial charge in [-0.25, -0.2) is 4.79 Å². The minimum atomic E-state index is -0.369. The zero-order valence-corrected chi connectivity index (χ0v) is 7.81. The molecule has 0 heterocycles. The fraction of sp³-hybridized carbons (Fsp3) is 0.625. The molecule has 0 spiro atoms. The number of ether oxygens (including phenoxy) is 1. The van der Waals surface area contributed by atoms with Crippen molar-refractivity contribution in [1.29, 1.82) is 0 Å². The average Bonchev–Trinajstić information content (AvgIpc) is 1.82. The van der Waals surface area contributed by atoms with E-state index < -0.39 is 0 Å². The predicted octanol–water partition coefficient (Wildman–Crippen LogP) is 2.33. The van der Waals surface area contributed by atoms with E-state index >= 15 is 0 Å². The van der Waals surface area contributed by atoms with Crippen molar-refractivity contribution in [1.82, 2.24) is 0 Å². The molecular weight excluding hydrogens is 164 g/mol. The van der Waals surface area contributed by atoms with E-state index in [1.54, 1.807) is 6.92 Å². The zero-order chi connectivity index (χ0) is 8.85. The Bertz CT molecular complexity index is 157. The number of hydrogen-bond acceptors (Lipinski definition) is 2. The van der Waals surface area contributed by atoms with Gasteiger partial charge in [0.1, 0.15) is 0 Å². The molecule has 0 amide bonds. The molecule has 0 atom stereocenters. The van der Waals surface area contributed by atoms with Crippen LogP contribution in [0, 0.1) is 5.92 Å². The molecule has 0 N–H and O–H groups in total. The standard InChI is InChI=1S/C8H13ClO2/c1-6(2)5-11-8(10)4-7(3)9/h4,6H,5H2,1-3H3. The minimum absolute atomic E-state index is 0.364. The summed E-state index contributed by atoms with van der Waals surface area (Å²) in [6.45, 7) is 6.03. The number of allylic oxidation sites excluding steroid dienone is 1. The van der Waals surface area contributed by atoms with Crippen molar-refractivity contribution in [2.75, 3.05) is 6.61 Å². The molecule has 0 aromatic heterocycles. The van der Waals surface area contributed by atoms with E-state index in [-0.39, 0.29) is 5.97 Å². The Hall–Kier alpha value is -0.500. The van der Waals surface area contributed by atoms with Gasteiger partial charge in [-0.05, 0) is 12.8 Å². The van der Waals surface area contributed by atoms with Crippen LogP contribution in [0.2, 0.25) is 0 Å². The van der Waals surface area contributed by atoms with Crippen molar-refractivity contribution >= 4 is 17.6 Å². The second-order valence-corrected chi connectivity index (χ2v) is 3.35. The monoisotopic (exact) mass is 176 g/mol. The van der Waals surface area contributed by atoms with Crippen molar-refractivity contribution < 1.29 is 9.53 Å². The normalized spacial score (nSPS) is 11.9. The Morgan fingerprint density at radius 1 is 1.64 bits per heavy atom. The average molecular weight is 177 g/mol. The molecule has 0 radical (unpaired) electrons. The van der Waals surface area contributed by atoms with Gasteiger partial charge >= 0.3 is 5.97 Å². The highest BCUT2D eigenvalue weighted by molar-refractivity contribution is 6.30. The zero-order valence-electron chi connectivity index (χ0n) is 7.06. The van der Waals surface area contributed by atoms with E-state index in [2.05, 4.69) is 0 Å². The molecule has 0 saturated carbocycles. The van der Waals surface area contributed by atoms with Crippen LogP contribution in [0.1, 0.15) is 20.8 Å². The summed E-state index contributed by atoms with van der Waals surface area (Å²) in [5.41, 5.74) is 0. The highest BCUT2D eigenvalue weighted by Gasteiger charge is 1.99. The third kappa shape index (κ3) is 7.40. The van der Waals surface area contributed by atoms with Crippen LogP contribution in [-0.2, 0) is 9.53 Å². The molecule has 3 heteroatoms. The smallest absolute Gasteiger partial charge is 0.331 e. The fourth-order valence-electron chi connectivity index (χ4n) is 0.453. The molecule has 0 aliphatic carbocycles. The van der Waals surface area contributed by atoms with Crippen molar-refractivity contribution in [3.8, 4) is 0 Å². The van der Waals surface area contributed by atoms with Gasteiger partial charge in [-0.3, -0.25) is 0 Å². The maximum absolute atomic E-state index is 10.8. The van der Waals surface area contributed by atoms with Crippen LogP contribution in [0.25, 0.3) is 0 Å². The van der Waals surface area contributed by atoms with Crippen LogP contribution in [0.5, 0.6) is 0 Å². The molecule has 64 valence electrons. The molecule has 0 aromatic rings. The third-order valence-corrected chi connectivity index (χ3v) is 0.985. The Kier molecular flexibility index (Phi) is 4.95. The van der Waals surface area contributed by atoms with Gasteiger partial charge in [0, 0.05) is 11.1 Å². The lowest BCUT2D eigenvalue weighted by Crippen LogP contribution is -2.07. The van der Waals surface area contributed by atoms with Crippen LogP contribution >= 0.6 is 11.6 Å². The quantitative estimate of drug-likeness (QED) is 0.488. The second-order valence-electron chi connectivity index (χ2n) is 2.75. The maximum Gasteiger partial charge on any atom is 0.331 e. The first-order valence-electron chi connectivity index (χ1n) is 3.53. The van der Waals surface area contributed by atoms with Crippen molar-refractivity contribution in [3.05, 3.63) is 11.1 Å². The number of hydrogen-bond donors (Lipinski definition) is 0. The van der Waals surface area contributed by atoms with Gasteiger partial charge in [0.25, 0.3) is 0 Å². The van der Waals surface area contributed by atoms with Gasteiger partial charge in [0.15, 0.2) is 0 Å². The Balaban J connectivity index is 3.63. The van der Waals surface area contributed by atoms with E-state index in [9.17, 15) is 4.79 Å². The lowest BCUT2D eigenvalue weighted by Gasteiger charge is -2.03. The van der Waals surface area contributed by atoms with Gasteiger partial charge in [-0.1, -0.05) is 25.4 Å².